The van der Waals surface area contributed by atoms with Crippen LogP contribution in [0.5, 0.6) is 0 Å². The van der Waals surface area contributed by atoms with Crippen molar-refractivity contribution >= 4 is 11.8 Å². The topological polar surface area (TPSA) is 60.3 Å². The summed E-state index contributed by atoms with van der Waals surface area (Å²) >= 11 is 0. The van der Waals surface area contributed by atoms with Crippen molar-refractivity contribution in [3.63, 3.8) is 0 Å². The second-order valence-corrected chi connectivity index (χ2v) is 6.31. The highest BCUT2D eigenvalue weighted by molar-refractivity contribution is 6.00. The number of hydrogen-bond acceptors (Lipinski definition) is 2. The lowest BCUT2D eigenvalue weighted by Crippen LogP contribution is -2.34. The van der Waals surface area contributed by atoms with E-state index in [9.17, 15) is 9.59 Å². The van der Waals surface area contributed by atoms with Gasteiger partial charge >= 0.3 is 0 Å². The van der Waals surface area contributed by atoms with Gasteiger partial charge in [-0.3, -0.25) is 9.59 Å². The molecule has 0 bridgehead atoms. The number of nitrogens with zero attached hydrogens (tertiary/aromatic N) is 1. The Labute approximate surface area is 153 Å². The maximum atomic E-state index is 12.3. The van der Waals surface area contributed by atoms with Gasteiger partial charge in [-0.2, -0.15) is 0 Å². The SMILES string of the molecule is CC1=C(NC(=O)CCc2ccccc2)C(=O)[N]C(Cc2ccccc2)=C1. The minimum Gasteiger partial charge on any atom is -0.321 e. The van der Waals surface area contributed by atoms with Gasteiger partial charge in [0.1, 0.15) is 5.70 Å². The lowest BCUT2D eigenvalue weighted by Gasteiger charge is -2.18. The minimum absolute atomic E-state index is 0.174. The highest BCUT2D eigenvalue weighted by Gasteiger charge is 2.22. The molecule has 1 aliphatic rings. The summed E-state index contributed by atoms with van der Waals surface area (Å²) in [6, 6.07) is 19.7. The second-order valence-electron chi connectivity index (χ2n) is 6.31. The van der Waals surface area contributed by atoms with Crippen molar-refractivity contribution in [1.29, 1.82) is 0 Å². The van der Waals surface area contributed by atoms with Gasteiger partial charge < -0.3 is 5.32 Å². The smallest absolute Gasteiger partial charge is 0.293 e. The first-order valence-electron chi connectivity index (χ1n) is 8.67. The molecule has 3 rings (SSSR count). The Morgan fingerprint density at radius 3 is 2.19 bits per heavy atom. The molecule has 4 heteroatoms. The Morgan fingerprint density at radius 2 is 1.58 bits per heavy atom. The summed E-state index contributed by atoms with van der Waals surface area (Å²) in [7, 11) is 0. The minimum atomic E-state index is -0.385. The van der Waals surface area contributed by atoms with Gasteiger partial charge in [0.05, 0.1) is 0 Å². The first-order chi connectivity index (χ1) is 12.6. The second kappa shape index (κ2) is 8.30. The largest absolute Gasteiger partial charge is 0.321 e. The van der Waals surface area contributed by atoms with E-state index in [0.717, 1.165) is 16.7 Å². The predicted molar refractivity (Wildman–Crippen MR) is 101 cm³/mol. The van der Waals surface area contributed by atoms with Crippen molar-refractivity contribution in [3.8, 4) is 0 Å². The molecule has 2 aromatic rings. The van der Waals surface area contributed by atoms with E-state index in [1.165, 1.54) is 0 Å². The van der Waals surface area contributed by atoms with Gasteiger partial charge in [0, 0.05) is 18.5 Å². The van der Waals surface area contributed by atoms with E-state index < -0.39 is 0 Å². The zero-order valence-electron chi connectivity index (χ0n) is 14.7. The van der Waals surface area contributed by atoms with Gasteiger partial charge in [-0.1, -0.05) is 60.7 Å². The maximum absolute atomic E-state index is 12.3. The molecule has 1 radical (unpaired) electrons. The Hall–Kier alpha value is -3.14. The van der Waals surface area contributed by atoms with Crippen LogP contribution in [0.2, 0.25) is 0 Å². The van der Waals surface area contributed by atoms with E-state index in [4.69, 9.17) is 0 Å². The molecule has 26 heavy (non-hydrogen) atoms. The first kappa shape index (κ1) is 17.7. The molecule has 1 aliphatic heterocycles. The number of rotatable bonds is 6. The van der Waals surface area contributed by atoms with Crippen LogP contribution in [0, 0.1) is 0 Å². The molecule has 0 aromatic heterocycles. The molecule has 0 spiro atoms. The van der Waals surface area contributed by atoms with Crippen molar-refractivity contribution in [2.24, 2.45) is 0 Å². The van der Waals surface area contributed by atoms with E-state index in [-0.39, 0.29) is 17.5 Å². The molecule has 4 nitrogen and oxygen atoms in total. The summed E-state index contributed by atoms with van der Waals surface area (Å²) in [5.74, 6) is -0.560. The molecular formula is C22H21N2O2. The van der Waals surface area contributed by atoms with Crippen LogP contribution in [0.1, 0.15) is 24.5 Å². The highest BCUT2D eigenvalue weighted by atomic mass is 16.2. The Bertz CT molecular complexity index is 852. The van der Waals surface area contributed by atoms with Gasteiger partial charge in [-0.05, 0) is 36.1 Å². The summed E-state index contributed by atoms with van der Waals surface area (Å²) < 4.78 is 0. The van der Waals surface area contributed by atoms with Gasteiger partial charge in [0.25, 0.3) is 5.91 Å². The number of carbonyl (C=O) groups is 2. The zero-order valence-corrected chi connectivity index (χ0v) is 14.7. The maximum Gasteiger partial charge on any atom is 0.293 e. The molecule has 0 atom stereocenters. The Morgan fingerprint density at radius 1 is 0.962 bits per heavy atom. The molecule has 2 aromatic carbocycles. The molecule has 1 N–H and O–H groups in total. The normalized spacial score (nSPS) is 13.9. The fourth-order valence-electron chi connectivity index (χ4n) is 2.86. The van der Waals surface area contributed by atoms with E-state index in [1.54, 1.807) is 0 Å². The number of benzene rings is 2. The van der Waals surface area contributed by atoms with E-state index >= 15 is 0 Å². The van der Waals surface area contributed by atoms with Crippen molar-refractivity contribution in [3.05, 3.63) is 94.8 Å². The van der Waals surface area contributed by atoms with Crippen molar-refractivity contribution in [1.82, 2.24) is 10.6 Å². The number of amides is 2. The Balaban J connectivity index is 1.62. The number of hydrogen-bond donors (Lipinski definition) is 1. The van der Waals surface area contributed by atoms with Crippen LogP contribution in [0.4, 0.5) is 0 Å². The fraction of sp³-hybridized carbons (Fsp3) is 0.182. The predicted octanol–water partition coefficient (Wildman–Crippen LogP) is 3.28. The molecular weight excluding hydrogens is 324 g/mol. The van der Waals surface area contributed by atoms with E-state index in [2.05, 4.69) is 10.6 Å². The van der Waals surface area contributed by atoms with Crippen molar-refractivity contribution < 1.29 is 9.59 Å². The Kier molecular flexibility index (Phi) is 5.64. The van der Waals surface area contributed by atoms with Gasteiger partial charge in [0.2, 0.25) is 5.91 Å². The van der Waals surface area contributed by atoms with Crippen LogP contribution in [0.25, 0.3) is 0 Å². The average Bonchev–Trinajstić information content (AvgIpc) is 2.65. The summed E-state index contributed by atoms with van der Waals surface area (Å²) in [6.07, 6.45) is 3.43. The van der Waals surface area contributed by atoms with Crippen LogP contribution in [-0.2, 0) is 22.4 Å². The van der Waals surface area contributed by atoms with Crippen LogP contribution < -0.4 is 10.6 Å². The monoisotopic (exact) mass is 345 g/mol. The zero-order chi connectivity index (χ0) is 18.4. The third-order valence-corrected chi connectivity index (χ3v) is 4.21. The van der Waals surface area contributed by atoms with Crippen LogP contribution in [0.3, 0.4) is 0 Å². The van der Waals surface area contributed by atoms with Gasteiger partial charge in [-0.25, -0.2) is 5.32 Å². The molecule has 0 saturated carbocycles. The third-order valence-electron chi connectivity index (χ3n) is 4.21. The van der Waals surface area contributed by atoms with E-state index in [1.807, 2.05) is 73.7 Å². The van der Waals surface area contributed by atoms with Gasteiger partial charge in [0.15, 0.2) is 0 Å². The number of aryl methyl sites for hydroxylation is 1. The average molecular weight is 345 g/mol. The molecule has 2 amide bonds. The van der Waals surface area contributed by atoms with Crippen LogP contribution in [0.15, 0.2) is 83.7 Å². The summed E-state index contributed by atoms with van der Waals surface area (Å²) in [4.78, 5) is 24.5. The van der Waals surface area contributed by atoms with E-state index in [0.29, 0.717) is 25.0 Å². The number of carbonyl (C=O) groups excluding carboxylic acids is 2. The lowest BCUT2D eigenvalue weighted by molar-refractivity contribution is -0.123. The van der Waals surface area contributed by atoms with Gasteiger partial charge in [-0.15, -0.1) is 0 Å². The molecule has 0 aliphatic carbocycles. The molecule has 0 unspecified atom stereocenters. The summed E-state index contributed by atoms with van der Waals surface area (Å²) in [5.41, 5.74) is 3.92. The fourth-order valence-corrected chi connectivity index (χ4v) is 2.86. The number of nitrogens with one attached hydrogen (secondary N) is 1. The highest BCUT2D eigenvalue weighted by Crippen LogP contribution is 2.17. The van der Waals surface area contributed by atoms with Crippen molar-refractivity contribution in [2.75, 3.05) is 0 Å². The standard InChI is InChI=1S/C22H21N2O2/c1-16-14-19(15-18-10-6-3-7-11-18)23-22(26)21(16)24-20(25)13-12-17-8-4-2-5-9-17/h2-11,14H,12-13,15H2,1H3,(H,24,25). The molecule has 1 heterocycles. The lowest BCUT2D eigenvalue weighted by atomic mass is 10.0. The summed E-state index contributed by atoms with van der Waals surface area (Å²) in [6.45, 7) is 1.82. The number of allylic oxidation sites excluding steroid dienone is 3. The van der Waals surface area contributed by atoms with Crippen molar-refractivity contribution in [2.45, 2.75) is 26.2 Å². The summed E-state index contributed by atoms with van der Waals surface area (Å²) in [5, 5.41) is 6.86. The molecule has 0 fully saturated rings. The quantitative estimate of drug-likeness (QED) is 0.873. The molecule has 131 valence electrons. The molecule has 0 saturated heterocycles. The first-order valence-corrected chi connectivity index (χ1v) is 8.67. The van der Waals surface area contributed by atoms with Crippen LogP contribution in [-0.4, -0.2) is 11.8 Å². The third kappa shape index (κ3) is 4.70. The van der Waals surface area contributed by atoms with Crippen LogP contribution >= 0.6 is 0 Å².